The quantitative estimate of drug-likeness (QED) is 0.461. The first-order valence-corrected chi connectivity index (χ1v) is 13.0. The summed E-state index contributed by atoms with van der Waals surface area (Å²) in [7, 11) is 4.22. The molecule has 0 saturated carbocycles. The van der Waals surface area contributed by atoms with Gasteiger partial charge in [-0.2, -0.15) is 0 Å². The molecule has 4 heterocycles. The van der Waals surface area contributed by atoms with Crippen LogP contribution < -0.4 is 10.2 Å². The summed E-state index contributed by atoms with van der Waals surface area (Å²) >= 11 is 0. The predicted octanol–water partition coefficient (Wildman–Crippen LogP) is 3.30. The zero-order valence-electron chi connectivity index (χ0n) is 21.5. The molecule has 0 radical (unpaired) electrons. The average Bonchev–Trinajstić information content (AvgIpc) is 2.92. The number of morpholine rings is 1. The maximum absolute atomic E-state index is 5.47. The van der Waals surface area contributed by atoms with Crippen LogP contribution in [-0.2, 0) is 24.2 Å². The van der Waals surface area contributed by atoms with E-state index in [1.807, 2.05) is 6.20 Å². The van der Waals surface area contributed by atoms with Crippen LogP contribution in [0.2, 0.25) is 0 Å². The van der Waals surface area contributed by atoms with Crippen molar-refractivity contribution < 1.29 is 4.74 Å². The second kappa shape index (κ2) is 11.8. The molecule has 1 N–H and O–H groups in total. The summed E-state index contributed by atoms with van der Waals surface area (Å²) in [5, 5.41) is 3.64. The normalized spacial score (nSPS) is 16.2. The van der Waals surface area contributed by atoms with E-state index in [0.29, 0.717) is 0 Å². The van der Waals surface area contributed by atoms with E-state index in [1.165, 1.54) is 11.1 Å². The molecule has 3 aromatic rings. The van der Waals surface area contributed by atoms with Gasteiger partial charge in [0, 0.05) is 63.0 Å². The lowest BCUT2D eigenvalue weighted by molar-refractivity contribution is 0.122. The molecule has 0 amide bonds. The van der Waals surface area contributed by atoms with E-state index in [9.17, 15) is 0 Å². The fourth-order valence-corrected chi connectivity index (χ4v) is 4.82. The molecule has 190 valence electrons. The van der Waals surface area contributed by atoms with Gasteiger partial charge < -0.3 is 19.9 Å². The molecule has 2 aliphatic heterocycles. The Kier molecular flexibility index (Phi) is 8.05. The lowest BCUT2D eigenvalue weighted by Crippen LogP contribution is -2.36. The van der Waals surface area contributed by atoms with Crippen molar-refractivity contribution in [1.29, 1.82) is 0 Å². The molecule has 8 heteroatoms. The molecular weight excluding hydrogens is 450 g/mol. The van der Waals surface area contributed by atoms with E-state index in [4.69, 9.17) is 19.7 Å². The van der Waals surface area contributed by atoms with Gasteiger partial charge in [-0.25, -0.2) is 15.0 Å². The Morgan fingerprint density at radius 2 is 1.83 bits per heavy atom. The Hall–Kier alpha value is -3.07. The Morgan fingerprint density at radius 1 is 1.00 bits per heavy atom. The zero-order chi connectivity index (χ0) is 24.7. The van der Waals surface area contributed by atoms with Crippen LogP contribution in [0.3, 0.4) is 0 Å². The minimum Gasteiger partial charge on any atom is -0.378 e. The second-order valence-electron chi connectivity index (χ2n) is 9.86. The molecule has 0 bridgehead atoms. The van der Waals surface area contributed by atoms with E-state index in [-0.39, 0.29) is 0 Å². The highest BCUT2D eigenvalue weighted by Crippen LogP contribution is 2.28. The lowest BCUT2D eigenvalue weighted by Gasteiger charge is -2.30. The smallest absolute Gasteiger partial charge is 0.163 e. The van der Waals surface area contributed by atoms with Crippen LogP contribution in [0.15, 0.2) is 48.7 Å². The van der Waals surface area contributed by atoms with Gasteiger partial charge in [0.15, 0.2) is 5.82 Å². The first-order valence-electron chi connectivity index (χ1n) is 13.0. The molecule has 0 unspecified atom stereocenters. The maximum atomic E-state index is 5.47. The molecule has 5 rings (SSSR count). The molecule has 0 aliphatic carbocycles. The Morgan fingerprint density at radius 3 is 2.58 bits per heavy atom. The SMILES string of the molecule is CN(C)CCCNc1nc(-c2ccc(N3CCOCC3)nc2)nc2c1CN(Cc1ccccc1)CC2. The van der Waals surface area contributed by atoms with Gasteiger partial charge >= 0.3 is 0 Å². The van der Waals surface area contributed by atoms with Gasteiger partial charge in [0.25, 0.3) is 0 Å². The fourth-order valence-electron chi connectivity index (χ4n) is 4.82. The van der Waals surface area contributed by atoms with Gasteiger partial charge in [-0.05, 0) is 44.8 Å². The van der Waals surface area contributed by atoms with Crippen molar-refractivity contribution in [3.8, 4) is 11.4 Å². The number of anilines is 2. The summed E-state index contributed by atoms with van der Waals surface area (Å²) in [6, 6.07) is 14.9. The van der Waals surface area contributed by atoms with Crippen LogP contribution in [0.25, 0.3) is 11.4 Å². The second-order valence-corrected chi connectivity index (χ2v) is 9.86. The number of nitrogens with one attached hydrogen (secondary N) is 1. The van der Waals surface area contributed by atoms with Gasteiger partial charge in [-0.1, -0.05) is 30.3 Å². The molecule has 1 aromatic carbocycles. The minimum atomic E-state index is 0.751. The molecular formula is C28H37N7O. The van der Waals surface area contributed by atoms with Gasteiger partial charge in [0.05, 0.1) is 18.9 Å². The van der Waals surface area contributed by atoms with Crippen LogP contribution in [0.4, 0.5) is 11.6 Å². The zero-order valence-corrected chi connectivity index (χ0v) is 21.5. The fraction of sp³-hybridized carbons (Fsp3) is 0.464. The maximum Gasteiger partial charge on any atom is 0.163 e. The van der Waals surface area contributed by atoms with Crippen LogP contribution in [0.1, 0.15) is 23.2 Å². The first-order chi connectivity index (χ1) is 17.7. The number of benzene rings is 1. The predicted molar refractivity (Wildman–Crippen MR) is 144 cm³/mol. The number of pyridine rings is 1. The van der Waals surface area contributed by atoms with Gasteiger partial charge in [0.1, 0.15) is 11.6 Å². The molecule has 0 atom stereocenters. The summed E-state index contributed by atoms with van der Waals surface area (Å²) in [6.45, 7) is 7.97. The summed E-state index contributed by atoms with van der Waals surface area (Å²) in [5.74, 6) is 2.70. The molecule has 8 nitrogen and oxygen atoms in total. The Bertz CT molecular complexity index is 1110. The van der Waals surface area contributed by atoms with Crippen molar-refractivity contribution in [2.75, 3.05) is 70.2 Å². The number of hydrogen-bond donors (Lipinski definition) is 1. The van der Waals surface area contributed by atoms with Crippen molar-refractivity contribution in [3.63, 3.8) is 0 Å². The Balaban J connectivity index is 1.37. The first kappa shape index (κ1) is 24.6. The van der Waals surface area contributed by atoms with Crippen molar-refractivity contribution in [2.24, 2.45) is 0 Å². The summed E-state index contributed by atoms with van der Waals surface area (Å²) in [6.07, 6.45) is 3.89. The number of hydrogen-bond acceptors (Lipinski definition) is 8. The lowest BCUT2D eigenvalue weighted by atomic mass is 10.0. The molecule has 1 fully saturated rings. The van der Waals surface area contributed by atoms with Gasteiger partial charge in [-0.15, -0.1) is 0 Å². The van der Waals surface area contributed by atoms with Crippen molar-refractivity contribution >= 4 is 11.6 Å². The highest BCUT2D eigenvalue weighted by Gasteiger charge is 2.23. The number of aromatic nitrogens is 3. The third kappa shape index (κ3) is 6.19. The van der Waals surface area contributed by atoms with Crippen LogP contribution in [0.5, 0.6) is 0 Å². The molecule has 2 aromatic heterocycles. The summed E-state index contributed by atoms with van der Waals surface area (Å²) < 4.78 is 5.47. The standard InChI is InChI=1S/C28H37N7O/c1-33(2)13-6-12-29-28-24-21-34(20-22-7-4-3-5-8-22)14-11-25(24)31-27(32-28)23-9-10-26(30-19-23)35-15-17-36-18-16-35/h3-5,7-10,19H,6,11-18,20-21H2,1-2H3,(H,29,31,32). The van der Waals surface area contributed by atoms with E-state index in [0.717, 1.165) is 101 Å². The molecule has 2 aliphatic rings. The van der Waals surface area contributed by atoms with E-state index < -0.39 is 0 Å². The third-order valence-electron chi connectivity index (χ3n) is 6.80. The summed E-state index contributed by atoms with van der Waals surface area (Å²) in [5.41, 5.74) is 4.67. The number of ether oxygens (including phenoxy) is 1. The number of fused-ring (bicyclic) bond motifs is 1. The van der Waals surface area contributed by atoms with E-state index >= 15 is 0 Å². The van der Waals surface area contributed by atoms with E-state index in [2.05, 4.69) is 76.6 Å². The highest BCUT2D eigenvalue weighted by molar-refractivity contribution is 5.61. The third-order valence-corrected chi connectivity index (χ3v) is 6.80. The van der Waals surface area contributed by atoms with Crippen LogP contribution >= 0.6 is 0 Å². The minimum absolute atomic E-state index is 0.751. The highest BCUT2D eigenvalue weighted by atomic mass is 16.5. The van der Waals surface area contributed by atoms with E-state index in [1.54, 1.807) is 0 Å². The topological polar surface area (TPSA) is 69.6 Å². The largest absolute Gasteiger partial charge is 0.378 e. The molecule has 0 spiro atoms. The van der Waals surface area contributed by atoms with Crippen LogP contribution in [0, 0.1) is 0 Å². The van der Waals surface area contributed by atoms with Gasteiger partial charge in [0.2, 0.25) is 0 Å². The average molecular weight is 488 g/mol. The van der Waals surface area contributed by atoms with Crippen LogP contribution in [-0.4, -0.2) is 84.8 Å². The van der Waals surface area contributed by atoms with Crippen molar-refractivity contribution in [2.45, 2.75) is 25.9 Å². The van der Waals surface area contributed by atoms with Crippen molar-refractivity contribution in [1.82, 2.24) is 24.8 Å². The molecule has 1 saturated heterocycles. The van der Waals surface area contributed by atoms with Gasteiger partial charge in [-0.3, -0.25) is 4.90 Å². The Labute approximate surface area is 214 Å². The number of rotatable bonds is 9. The van der Waals surface area contributed by atoms with Crippen molar-refractivity contribution in [3.05, 3.63) is 65.5 Å². The molecule has 36 heavy (non-hydrogen) atoms. The monoisotopic (exact) mass is 487 g/mol. The number of nitrogens with zero attached hydrogens (tertiary/aromatic N) is 6. The summed E-state index contributed by atoms with van der Waals surface area (Å²) in [4.78, 5) is 21.7.